The van der Waals surface area contributed by atoms with Crippen LogP contribution in [-0.2, 0) is 4.74 Å². The summed E-state index contributed by atoms with van der Waals surface area (Å²) in [6, 6.07) is 0.597. The zero-order valence-corrected chi connectivity index (χ0v) is 8.27. The highest BCUT2D eigenvalue weighted by Crippen LogP contribution is 2.11. The monoisotopic (exact) mass is 188 g/mol. The van der Waals surface area contributed by atoms with E-state index in [9.17, 15) is 0 Å². The molecular formula is C8H16N2OS. The van der Waals surface area contributed by atoms with Crippen LogP contribution in [0.5, 0.6) is 0 Å². The maximum absolute atomic E-state index is 5.46. The molecule has 2 N–H and O–H groups in total. The molecule has 0 spiro atoms. The summed E-state index contributed by atoms with van der Waals surface area (Å²) in [5.41, 5.74) is 5.46. The van der Waals surface area contributed by atoms with Gasteiger partial charge in [-0.15, -0.1) is 0 Å². The molecule has 1 heterocycles. The van der Waals surface area contributed by atoms with Crippen molar-refractivity contribution in [3.8, 4) is 0 Å². The van der Waals surface area contributed by atoms with Crippen LogP contribution in [0.2, 0.25) is 0 Å². The predicted molar refractivity (Wildman–Crippen MR) is 53.3 cm³/mol. The normalized spacial score (nSPS) is 19.8. The molecule has 12 heavy (non-hydrogen) atoms. The second-order valence-corrected chi connectivity index (χ2v) is 3.75. The van der Waals surface area contributed by atoms with Crippen molar-refractivity contribution in [3.05, 3.63) is 0 Å². The molecule has 4 heteroatoms. The molecule has 0 bridgehead atoms. The maximum atomic E-state index is 5.46. The van der Waals surface area contributed by atoms with E-state index in [2.05, 4.69) is 11.9 Å². The van der Waals surface area contributed by atoms with E-state index >= 15 is 0 Å². The average molecular weight is 188 g/mol. The summed E-state index contributed by atoms with van der Waals surface area (Å²) in [4.78, 5) is 2.79. The molecule has 0 radical (unpaired) electrons. The summed E-state index contributed by atoms with van der Waals surface area (Å²) in [5, 5.41) is 0. The molecule has 0 aromatic heterocycles. The first-order chi connectivity index (χ1) is 5.70. The highest BCUT2D eigenvalue weighted by Gasteiger charge is 2.18. The van der Waals surface area contributed by atoms with Gasteiger partial charge in [-0.05, 0) is 19.9 Å². The van der Waals surface area contributed by atoms with Crippen molar-refractivity contribution >= 4 is 17.2 Å². The second-order valence-electron chi connectivity index (χ2n) is 3.22. The fourth-order valence-corrected chi connectivity index (χ4v) is 1.70. The number of hydrogen-bond donors (Lipinski definition) is 1. The molecule has 0 aliphatic carbocycles. The summed E-state index contributed by atoms with van der Waals surface area (Å²) < 4.78 is 5.26. The van der Waals surface area contributed by atoms with Gasteiger partial charge in [-0.1, -0.05) is 12.2 Å². The molecule has 1 aliphatic rings. The molecule has 0 atom stereocenters. The third-order valence-electron chi connectivity index (χ3n) is 2.22. The fraction of sp³-hybridized carbons (Fsp3) is 0.875. The minimum atomic E-state index is 0.573. The second kappa shape index (κ2) is 4.74. The minimum absolute atomic E-state index is 0.573. The number of nitrogens with zero attached hydrogens (tertiary/aromatic N) is 1. The minimum Gasteiger partial charge on any atom is -0.392 e. The molecule has 1 rings (SSSR count). The standard InChI is InChI=1S/C8H16N2OS/c1-10(6-8(9)12)7-2-4-11-5-3-7/h7H,2-6H2,1H3,(H2,9,12). The SMILES string of the molecule is CN(CC(N)=S)C1CCOCC1. The molecule has 70 valence electrons. The lowest BCUT2D eigenvalue weighted by Gasteiger charge is -2.30. The molecule has 0 amide bonds. The van der Waals surface area contributed by atoms with E-state index in [1.807, 2.05) is 0 Å². The van der Waals surface area contributed by atoms with Crippen LogP contribution in [0.25, 0.3) is 0 Å². The van der Waals surface area contributed by atoms with Gasteiger partial charge in [0.2, 0.25) is 0 Å². The molecule has 1 fully saturated rings. The van der Waals surface area contributed by atoms with Crippen molar-refractivity contribution < 1.29 is 4.74 Å². The Morgan fingerprint density at radius 2 is 2.17 bits per heavy atom. The molecule has 1 saturated heterocycles. The average Bonchev–Trinajstić information content (AvgIpc) is 2.05. The Morgan fingerprint density at radius 3 is 2.67 bits per heavy atom. The van der Waals surface area contributed by atoms with Gasteiger partial charge in [0.1, 0.15) is 0 Å². The number of rotatable bonds is 3. The number of thiocarbonyl (C=S) groups is 1. The highest BCUT2D eigenvalue weighted by atomic mass is 32.1. The maximum Gasteiger partial charge on any atom is 0.0870 e. The van der Waals surface area contributed by atoms with Crippen molar-refractivity contribution in [2.45, 2.75) is 18.9 Å². The van der Waals surface area contributed by atoms with Crippen LogP contribution in [0.4, 0.5) is 0 Å². The summed E-state index contributed by atoms with van der Waals surface area (Å²) in [6.45, 7) is 2.46. The van der Waals surface area contributed by atoms with E-state index in [-0.39, 0.29) is 0 Å². The predicted octanol–water partition coefficient (Wildman–Crippen LogP) is 0.383. The van der Waals surface area contributed by atoms with Gasteiger partial charge in [0, 0.05) is 25.8 Å². The van der Waals surface area contributed by atoms with Gasteiger partial charge >= 0.3 is 0 Å². The van der Waals surface area contributed by atoms with Gasteiger partial charge in [0.15, 0.2) is 0 Å². The molecule has 3 nitrogen and oxygen atoms in total. The lowest BCUT2D eigenvalue weighted by molar-refractivity contribution is 0.0477. The van der Waals surface area contributed by atoms with E-state index < -0.39 is 0 Å². The molecule has 0 aromatic rings. The molecule has 0 saturated carbocycles. The Labute approximate surface area is 78.9 Å². The van der Waals surface area contributed by atoms with Crippen molar-refractivity contribution in [3.63, 3.8) is 0 Å². The van der Waals surface area contributed by atoms with Crippen LogP contribution < -0.4 is 5.73 Å². The Balaban J connectivity index is 2.29. The number of nitrogens with two attached hydrogens (primary N) is 1. The van der Waals surface area contributed by atoms with Gasteiger partial charge in [0.05, 0.1) is 4.99 Å². The Hall–Kier alpha value is -0.190. The first kappa shape index (κ1) is 9.89. The molecule has 0 aromatic carbocycles. The first-order valence-corrected chi connectivity index (χ1v) is 4.67. The highest BCUT2D eigenvalue weighted by molar-refractivity contribution is 7.80. The first-order valence-electron chi connectivity index (χ1n) is 4.26. The van der Waals surface area contributed by atoms with Gasteiger partial charge in [0.25, 0.3) is 0 Å². The zero-order valence-electron chi connectivity index (χ0n) is 7.45. The van der Waals surface area contributed by atoms with E-state index in [1.165, 1.54) is 0 Å². The van der Waals surface area contributed by atoms with Gasteiger partial charge in [-0.2, -0.15) is 0 Å². The van der Waals surface area contributed by atoms with Crippen molar-refractivity contribution in [1.29, 1.82) is 0 Å². The van der Waals surface area contributed by atoms with Crippen LogP contribution in [0.3, 0.4) is 0 Å². The topological polar surface area (TPSA) is 38.5 Å². The van der Waals surface area contributed by atoms with Crippen LogP contribution in [-0.4, -0.2) is 42.7 Å². The number of ether oxygens (including phenoxy) is 1. The molecule has 1 aliphatic heterocycles. The Morgan fingerprint density at radius 1 is 1.58 bits per heavy atom. The zero-order chi connectivity index (χ0) is 8.97. The number of likely N-dealkylation sites (N-methyl/N-ethyl adjacent to an activating group) is 1. The summed E-state index contributed by atoms with van der Waals surface area (Å²) in [7, 11) is 2.06. The quantitative estimate of drug-likeness (QED) is 0.650. The van der Waals surface area contributed by atoms with Crippen LogP contribution in [0.15, 0.2) is 0 Å². The third-order valence-corrected chi connectivity index (χ3v) is 2.35. The van der Waals surface area contributed by atoms with Crippen LogP contribution in [0, 0.1) is 0 Å². The summed E-state index contributed by atoms with van der Waals surface area (Å²) in [6.07, 6.45) is 2.19. The smallest absolute Gasteiger partial charge is 0.0870 e. The summed E-state index contributed by atoms with van der Waals surface area (Å²) in [5.74, 6) is 0. The summed E-state index contributed by atoms with van der Waals surface area (Å²) >= 11 is 4.85. The lowest BCUT2D eigenvalue weighted by Crippen LogP contribution is -2.40. The van der Waals surface area contributed by atoms with Crippen LogP contribution >= 0.6 is 12.2 Å². The largest absolute Gasteiger partial charge is 0.392 e. The van der Waals surface area contributed by atoms with Crippen molar-refractivity contribution in [2.24, 2.45) is 5.73 Å². The lowest BCUT2D eigenvalue weighted by atomic mass is 10.1. The Bertz CT molecular complexity index is 157. The van der Waals surface area contributed by atoms with E-state index in [4.69, 9.17) is 22.7 Å². The molecule has 0 unspecified atom stereocenters. The number of hydrogen-bond acceptors (Lipinski definition) is 3. The molecular weight excluding hydrogens is 172 g/mol. The van der Waals surface area contributed by atoms with Gasteiger partial charge < -0.3 is 10.5 Å². The fourth-order valence-electron chi connectivity index (χ4n) is 1.50. The van der Waals surface area contributed by atoms with E-state index in [1.54, 1.807) is 0 Å². The van der Waals surface area contributed by atoms with Gasteiger partial charge in [-0.25, -0.2) is 0 Å². The Kier molecular flexibility index (Phi) is 3.91. The van der Waals surface area contributed by atoms with E-state index in [0.717, 1.165) is 32.6 Å². The van der Waals surface area contributed by atoms with Crippen molar-refractivity contribution in [1.82, 2.24) is 4.90 Å². The van der Waals surface area contributed by atoms with Gasteiger partial charge in [-0.3, -0.25) is 4.90 Å². The van der Waals surface area contributed by atoms with E-state index in [0.29, 0.717) is 11.0 Å². The third kappa shape index (κ3) is 3.05. The van der Waals surface area contributed by atoms with Crippen LogP contribution in [0.1, 0.15) is 12.8 Å². The van der Waals surface area contributed by atoms with Crippen molar-refractivity contribution in [2.75, 3.05) is 26.8 Å².